The summed E-state index contributed by atoms with van der Waals surface area (Å²) >= 11 is 1.74. The molecule has 0 radical (unpaired) electrons. The highest BCUT2D eigenvalue weighted by atomic mass is 32.2. The normalized spacial score (nSPS) is 18.6. The lowest BCUT2D eigenvalue weighted by atomic mass is 9.91. The second-order valence-corrected chi connectivity index (χ2v) is 8.25. The van der Waals surface area contributed by atoms with Crippen LogP contribution in [-0.4, -0.2) is 42.2 Å². The van der Waals surface area contributed by atoms with Gasteiger partial charge in [0.05, 0.1) is 13.2 Å². The molecule has 1 fully saturated rings. The van der Waals surface area contributed by atoms with Crippen molar-refractivity contribution >= 4 is 11.9 Å². The van der Waals surface area contributed by atoms with Crippen LogP contribution in [0.5, 0.6) is 5.75 Å². The summed E-state index contributed by atoms with van der Waals surface area (Å²) in [6, 6.07) is 11.9. The Bertz CT molecular complexity index is 815. The lowest BCUT2D eigenvalue weighted by Crippen LogP contribution is -2.45. The van der Waals surface area contributed by atoms with Crippen LogP contribution in [0.1, 0.15) is 42.5 Å². The minimum Gasteiger partial charge on any atom is -0.494 e. The van der Waals surface area contributed by atoms with E-state index in [9.17, 15) is 8.78 Å². The number of rotatable bonds is 6. The predicted molar refractivity (Wildman–Crippen MR) is 112 cm³/mol. The van der Waals surface area contributed by atoms with Crippen molar-refractivity contribution in [2.45, 2.75) is 32.4 Å². The molecule has 0 saturated carbocycles. The Hall–Kier alpha value is -1.63. The highest BCUT2D eigenvalue weighted by molar-refractivity contribution is 7.96. The monoisotopic (exact) mass is 406 g/mol. The van der Waals surface area contributed by atoms with Gasteiger partial charge >= 0.3 is 0 Å². The molecule has 0 bridgehead atoms. The summed E-state index contributed by atoms with van der Waals surface area (Å²) in [6.07, 6.45) is 2.10. The van der Waals surface area contributed by atoms with E-state index in [2.05, 4.69) is 53.6 Å². The van der Waals surface area contributed by atoms with Crippen molar-refractivity contribution in [2.24, 2.45) is 0 Å². The summed E-state index contributed by atoms with van der Waals surface area (Å²) in [6.45, 7) is 7.26. The summed E-state index contributed by atoms with van der Waals surface area (Å²) in [7, 11) is 1.34. The van der Waals surface area contributed by atoms with Crippen molar-refractivity contribution in [3.8, 4) is 5.75 Å². The third-order valence-corrected chi connectivity index (χ3v) is 6.27. The number of nitrogens with zero attached hydrogens (tertiary/aromatic N) is 2. The number of hydrogen-bond acceptors (Lipinski definition) is 4. The Morgan fingerprint density at radius 3 is 2.54 bits per heavy atom. The van der Waals surface area contributed by atoms with Crippen LogP contribution in [0, 0.1) is 11.6 Å². The van der Waals surface area contributed by atoms with E-state index in [0.29, 0.717) is 18.0 Å². The van der Waals surface area contributed by atoms with Gasteiger partial charge in [0.15, 0.2) is 11.6 Å². The SMILES string of the molecule is COc1ccc(CN2CCN(SC)C(c3ccccc3C(C)C)C2)c(F)c1F. The molecule has 2 aromatic rings. The van der Waals surface area contributed by atoms with Crippen LogP contribution in [0.3, 0.4) is 0 Å². The van der Waals surface area contributed by atoms with Gasteiger partial charge in [0, 0.05) is 31.7 Å². The van der Waals surface area contributed by atoms with Crippen LogP contribution < -0.4 is 4.74 Å². The van der Waals surface area contributed by atoms with E-state index in [-0.39, 0.29) is 11.8 Å². The molecule has 3 nitrogen and oxygen atoms in total. The van der Waals surface area contributed by atoms with Crippen LogP contribution in [0.4, 0.5) is 8.78 Å². The molecule has 1 saturated heterocycles. The zero-order chi connectivity index (χ0) is 20.3. The molecule has 6 heteroatoms. The first kappa shape index (κ1) is 21.1. The zero-order valence-corrected chi connectivity index (χ0v) is 17.7. The van der Waals surface area contributed by atoms with Crippen molar-refractivity contribution in [3.63, 3.8) is 0 Å². The number of halogens is 2. The molecule has 28 heavy (non-hydrogen) atoms. The van der Waals surface area contributed by atoms with E-state index in [4.69, 9.17) is 4.74 Å². The molecule has 152 valence electrons. The predicted octanol–water partition coefficient (Wildman–Crippen LogP) is 5.23. The Kier molecular flexibility index (Phi) is 6.96. The lowest BCUT2D eigenvalue weighted by Gasteiger charge is -2.41. The van der Waals surface area contributed by atoms with Crippen LogP contribution in [0.25, 0.3) is 0 Å². The third-order valence-electron chi connectivity index (χ3n) is 5.37. The minimum absolute atomic E-state index is 0.0582. The second-order valence-electron chi connectivity index (χ2n) is 7.41. The maximum atomic E-state index is 14.4. The summed E-state index contributed by atoms with van der Waals surface area (Å²) in [5.74, 6) is -1.35. The van der Waals surface area contributed by atoms with Gasteiger partial charge < -0.3 is 4.74 Å². The number of methoxy groups -OCH3 is 1. The fraction of sp³-hybridized carbons (Fsp3) is 0.455. The fourth-order valence-corrected chi connectivity index (χ4v) is 4.57. The maximum absolute atomic E-state index is 14.4. The maximum Gasteiger partial charge on any atom is 0.200 e. The van der Waals surface area contributed by atoms with Gasteiger partial charge in [0.25, 0.3) is 0 Å². The average molecular weight is 407 g/mol. The Morgan fingerprint density at radius 2 is 1.86 bits per heavy atom. The first-order chi connectivity index (χ1) is 13.5. The first-order valence-corrected chi connectivity index (χ1v) is 10.8. The number of piperazine rings is 1. The highest BCUT2D eigenvalue weighted by Gasteiger charge is 2.30. The smallest absolute Gasteiger partial charge is 0.200 e. The molecule has 0 spiro atoms. The van der Waals surface area contributed by atoms with E-state index in [0.717, 1.165) is 19.6 Å². The molecular weight excluding hydrogens is 378 g/mol. The molecule has 1 aliphatic heterocycles. The van der Waals surface area contributed by atoms with Crippen molar-refractivity contribution in [2.75, 3.05) is 33.0 Å². The van der Waals surface area contributed by atoms with Crippen LogP contribution in [0.15, 0.2) is 36.4 Å². The van der Waals surface area contributed by atoms with Gasteiger partial charge in [0.1, 0.15) is 0 Å². The summed E-state index contributed by atoms with van der Waals surface area (Å²) in [5.41, 5.74) is 3.03. The van der Waals surface area contributed by atoms with Gasteiger partial charge in [-0.15, -0.1) is 0 Å². The summed E-state index contributed by atoms with van der Waals surface area (Å²) < 4.78 is 35.8. The van der Waals surface area contributed by atoms with Crippen molar-refractivity contribution in [3.05, 3.63) is 64.7 Å². The van der Waals surface area contributed by atoms with E-state index in [1.165, 1.54) is 24.3 Å². The molecule has 1 atom stereocenters. The molecule has 0 amide bonds. The van der Waals surface area contributed by atoms with E-state index < -0.39 is 11.6 Å². The Morgan fingerprint density at radius 1 is 1.11 bits per heavy atom. The van der Waals surface area contributed by atoms with Crippen molar-refractivity contribution < 1.29 is 13.5 Å². The molecule has 0 N–H and O–H groups in total. The quantitative estimate of drug-likeness (QED) is 0.610. The van der Waals surface area contributed by atoms with Crippen LogP contribution in [-0.2, 0) is 6.54 Å². The van der Waals surface area contributed by atoms with Gasteiger partial charge in [-0.1, -0.05) is 56.1 Å². The molecule has 0 aromatic heterocycles. The van der Waals surface area contributed by atoms with Gasteiger partial charge in [-0.3, -0.25) is 4.90 Å². The van der Waals surface area contributed by atoms with Gasteiger partial charge in [0.2, 0.25) is 5.82 Å². The average Bonchev–Trinajstić information content (AvgIpc) is 2.71. The topological polar surface area (TPSA) is 15.7 Å². The molecule has 1 heterocycles. The molecule has 1 unspecified atom stereocenters. The lowest BCUT2D eigenvalue weighted by molar-refractivity contribution is 0.135. The molecule has 3 rings (SSSR count). The van der Waals surface area contributed by atoms with E-state index in [1.54, 1.807) is 18.0 Å². The summed E-state index contributed by atoms with van der Waals surface area (Å²) in [4.78, 5) is 2.21. The van der Waals surface area contributed by atoms with Crippen molar-refractivity contribution in [1.82, 2.24) is 9.21 Å². The van der Waals surface area contributed by atoms with Gasteiger partial charge in [-0.25, -0.2) is 8.70 Å². The van der Waals surface area contributed by atoms with Crippen molar-refractivity contribution in [1.29, 1.82) is 0 Å². The highest BCUT2D eigenvalue weighted by Crippen LogP contribution is 2.35. The molecule has 2 aromatic carbocycles. The largest absolute Gasteiger partial charge is 0.494 e. The molecule has 0 aliphatic carbocycles. The second kappa shape index (κ2) is 9.25. The fourth-order valence-electron chi connectivity index (χ4n) is 3.87. The third kappa shape index (κ3) is 4.34. The summed E-state index contributed by atoms with van der Waals surface area (Å²) in [5, 5.41) is 0. The molecular formula is C22H28F2N2OS. The Balaban J connectivity index is 1.84. The van der Waals surface area contributed by atoms with Gasteiger partial charge in [-0.2, -0.15) is 4.39 Å². The Labute approximate surface area is 170 Å². The first-order valence-electron chi connectivity index (χ1n) is 9.59. The standard InChI is InChI=1S/C22H28F2N2OS/c1-15(2)17-7-5-6-8-18(17)19-14-25(11-12-26(19)28-4)13-16-9-10-20(27-3)22(24)21(16)23/h5-10,15,19H,11-14H2,1-4H3. The van der Waals surface area contributed by atoms with Gasteiger partial charge in [-0.05, 0) is 29.4 Å². The number of benzene rings is 2. The van der Waals surface area contributed by atoms with E-state index >= 15 is 0 Å². The van der Waals surface area contributed by atoms with E-state index in [1.807, 2.05) is 0 Å². The molecule has 1 aliphatic rings. The zero-order valence-electron chi connectivity index (χ0n) is 16.9. The van der Waals surface area contributed by atoms with Crippen LogP contribution >= 0.6 is 11.9 Å². The van der Waals surface area contributed by atoms with Crippen LogP contribution in [0.2, 0.25) is 0 Å². The number of ether oxygens (including phenoxy) is 1. The minimum atomic E-state index is -0.913. The number of hydrogen-bond donors (Lipinski definition) is 0.